The van der Waals surface area contributed by atoms with Crippen molar-refractivity contribution in [2.45, 2.75) is 135 Å². The van der Waals surface area contributed by atoms with E-state index in [0.717, 1.165) is 70.2 Å². The molecule has 8 N–H and O–H groups in total. The predicted molar refractivity (Wildman–Crippen MR) is 457 cm³/mol. The monoisotopic (exact) mass is 1670 g/mol. The zero-order valence-electron chi connectivity index (χ0n) is 69.8. The van der Waals surface area contributed by atoms with Gasteiger partial charge in [-0.1, -0.05) is 91.3 Å². The SMILES string of the molecule is Cc1cc(C2(C3CCCC(c4cncnc4)C3)N=C(N)N(C)C2=O)ccc1OC(C)F.Cc1cc(C2(c3cccc(-c4cccnc4)c3)N=C(N)N(C)C2=O)ccc1OC(C)F.Cc1cc(C2(c3cccc(-c4cncnc4)c3)N=C(N)N(C)C2=O)ccc1OC(C)F.Cc1cc(C2(c3cccc(-c4cnco4)c3)N=C(N)N(C)C2=O)ccc1OC(C)F. The number of oxazole rings is 1. The summed E-state index contributed by atoms with van der Waals surface area (Å²) in [5.41, 5.74) is 31.8. The minimum atomic E-state index is -1.45. The second-order valence-electron chi connectivity index (χ2n) is 30.5. The summed E-state index contributed by atoms with van der Waals surface area (Å²) in [6.45, 7) is 12.5. The lowest BCUT2D eigenvalue weighted by Gasteiger charge is -2.39. The van der Waals surface area contributed by atoms with Crippen LogP contribution in [0.4, 0.5) is 17.6 Å². The molecule has 0 bridgehead atoms. The highest BCUT2D eigenvalue weighted by Gasteiger charge is 2.56. The van der Waals surface area contributed by atoms with Gasteiger partial charge in [0.2, 0.25) is 25.4 Å². The summed E-state index contributed by atoms with van der Waals surface area (Å²) in [5, 5.41) is 0. The standard InChI is InChI=1S/C24H23FN4O2.C23H28FN5O2.C23H22FN5O2.C22H21FN4O3/c1-15-12-20(9-10-21(15)31-16(2)25)24(22(30)29(3)23(26)28-24)19-8-4-6-17(13-19)18-7-5-11-27-14-18;2*1-14-9-19(7-8-20(14)31-15(2)24)23(21(30)29(3)22(25)28-23)18-6-4-5-16(10-18)17-11-26-13-27-12-17;1-13-9-17(7-8-18(13)30-14(2)23)22(20(28)27(3)21(24)26-22)16-6-4-5-15(10-16)19-11-25-12-29-19/h4-14,16H,1-3H3,(H2,26,28);7-9,11-13,15-16,18H,4-6,10H2,1-3H3,(H2,25,28);4-13,15H,1-3H3,(H2,25,28);4-12,14H,1-3H3,(H2,24,26). The molecule has 0 radical (unpaired) electrons. The summed E-state index contributed by atoms with van der Waals surface area (Å²) < 4.78 is 79.7. The Kier molecular flexibility index (Phi) is 25.3. The van der Waals surface area contributed by atoms with Gasteiger partial charge in [0.05, 0.1) is 6.20 Å². The highest BCUT2D eigenvalue weighted by molar-refractivity contribution is 6.11. The van der Waals surface area contributed by atoms with Crippen molar-refractivity contribution in [3.05, 3.63) is 287 Å². The molecule has 27 nitrogen and oxygen atoms in total. The van der Waals surface area contributed by atoms with E-state index < -0.39 is 47.6 Å². The number of amides is 4. The van der Waals surface area contributed by atoms with Crippen LogP contribution in [0.25, 0.3) is 33.6 Å². The summed E-state index contributed by atoms with van der Waals surface area (Å²) in [6, 6.07) is 47.1. The van der Waals surface area contributed by atoms with E-state index in [4.69, 9.17) is 51.3 Å². The van der Waals surface area contributed by atoms with Gasteiger partial charge >= 0.3 is 0 Å². The highest BCUT2D eigenvalue weighted by Crippen LogP contribution is 2.51. The number of ether oxygens (including phenoxy) is 4. The second kappa shape index (κ2) is 36.0. The lowest BCUT2D eigenvalue weighted by atomic mass is 9.67. The molecule has 123 heavy (non-hydrogen) atoms. The molecule has 8 heterocycles. The predicted octanol–water partition coefficient (Wildman–Crippen LogP) is 13.8. The molecule has 11 aromatic rings. The third kappa shape index (κ3) is 17.2. The summed E-state index contributed by atoms with van der Waals surface area (Å²) in [4.78, 5) is 103. The molecule has 4 amide bonds. The van der Waals surface area contributed by atoms with E-state index >= 15 is 0 Å². The Morgan fingerprint density at radius 3 is 1.11 bits per heavy atom. The minimum Gasteiger partial charge on any atom is -0.460 e. The molecule has 7 aromatic carbocycles. The lowest BCUT2D eigenvalue weighted by molar-refractivity contribution is -0.133. The first-order valence-electron chi connectivity index (χ1n) is 39.6. The maximum atomic E-state index is 13.6. The van der Waals surface area contributed by atoms with Gasteiger partial charge in [0.25, 0.3) is 23.6 Å². The van der Waals surface area contributed by atoms with Crippen molar-refractivity contribution in [2.75, 3.05) is 28.2 Å². The number of halogens is 4. The molecule has 10 unspecified atom stereocenters. The average molecular weight is 1670 g/mol. The molecule has 1 aliphatic carbocycles. The molecule has 16 rings (SSSR count). The van der Waals surface area contributed by atoms with Crippen LogP contribution in [-0.2, 0) is 41.3 Å². The van der Waals surface area contributed by atoms with E-state index in [9.17, 15) is 36.7 Å². The normalized spacial score (nSPS) is 21.4. The fourth-order valence-corrected chi connectivity index (χ4v) is 16.1. The number of hydrogen-bond acceptors (Lipinski definition) is 23. The van der Waals surface area contributed by atoms with E-state index in [-0.39, 0.29) is 59.3 Å². The molecule has 5 aliphatic rings. The van der Waals surface area contributed by atoms with Gasteiger partial charge < -0.3 is 46.3 Å². The molecule has 4 aliphatic heterocycles. The van der Waals surface area contributed by atoms with E-state index in [1.807, 2.05) is 116 Å². The number of nitrogens with two attached hydrogens (primary N) is 4. The van der Waals surface area contributed by atoms with Crippen molar-refractivity contribution in [1.82, 2.24) is 49.5 Å². The van der Waals surface area contributed by atoms with Crippen molar-refractivity contribution in [2.24, 2.45) is 48.8 Å². The van der Waals surface area contributed by atoms with Gasteiger partial charge in [0, 0.05) is 104 Å². The zero-order chi connectivity index (χ0) is 88.0. The lowest BCUT2D eigenvalue weighted by Crippen LogP contribution is -2.46. The molecule has 10 atom stereocenters. The number of guanidine groups is 4. The third-order valence-electron chi connectivity index (χ3n) is 22.3. The van der Waals surface area contributed by atoms with Crippen LogP contribution >= 0.6 is 0 Å². The van der Waals surface area contributed by atoms with Crippen molar-refractivity contribution in [1.29, 1.82) is 0 Å². The first kappa shape index (κ1) is 86.6. The highest BCUT2D eigenvalue weighted by atomic mass is 19.2. The zero-order valence-corrected chi connectivity index (χ0v) is 69.8. The summed E-state index contributed by atoms with van der Waals surface area (Å²) in [6.07, 6.45) is 14.4. The topological polar surface area (TPSA) is 362 Å². The molecule has 634 valence electrons. The number of likely N-dealkylation sites (N-methyl/N-ethyl adjacent to an activating group) is 4. The van der Waals surface area contributed by atoms with Crippen LogP contribution in [0.1, 0.15) is 126 Å². The Hall–Kier alpha value is -14.3. The van der Waals surface area contributed by atoms with Crippen molar-refractivity contribution >= 4 is 47.5 Å². The van der Waals surface area contributed by atoms with Crippen molar-refractivity contribution in [3.63, 3.8) is 0 Å². The second-order valence-corrected chi connectivity index (χ2v) is 30.5. The summed E-state index contributed by atoms with van der Waals surface area (Å²) in [7, 11) is 6.43. The van der Waals surface area contributed by atoms with Crippen LogP contribution in [0.15, 0.2) is 245 Å². The van der Waals surface area contributed by atoms with E-state index in [2.05, 4.69) is 44.9 Å². The molecule has 1 saturated carbocycles. The third-order valence-corrected chi connectivity index (χ3v) is 22.3. The number of carbonyl (C=O) groups is 4. The maximum absolute atomic E-state index is 13.6. The van der Waals surface area contributed by atoms with Crippen molar-refractivity contribution < 1.29 is 60.1 Å². The number of hydrogen-bond donors (Lipinski definition) is 4. The minimum absolute atomic E-state index is 0.0336. The molecule has 4 aromatic heterocycles. The Bertz CT molecular complexity index is 5690. The molecule has 31 heteroatoms. The van der Waals surface area contributed by atoms with Gasteiger partial charge in [0.15, 0.2) is 58.1 Å². The first-order chi connectivity index (χ1) is 58.8. The smallest absolute Gasteiger partial charge is 0.266 e. The average Bonchev–Trinajstić information content (AvgIpc) is 1.62. The van der Waals surface area contributed by atoms with E-state index in [1.165, 1.54) is 66.3 Å². The first-order valence-corrected chi connectivity index (χ1v) is 39.6. The van der Waals surface area contributed by atoms with Crippen LogP contribution in [0.5, 0.6) is 23.0 Å². The molecule has 1 fully saturated rings. The van der Waals surface area contributed by atoms with Gasteiger partial charge in [-0.15, -0.1) is 0 Å². The molecular weight excluding hydrogens is 1580 g/mol. The number of aliphatic imine (C=N–C) groups is 4. The Labute approximate surface area is 708 Å². The fourth-order valence-electron chi connectivity index (χ4n) is 16.1. The van der Waals surface area contributed by atoms with Crippen LogP contribution in [0.2, 0.25) is 0 Å². The van der Waals surface area contributed by atoms with Gasteiger partial charge in [-0.2, -0.15) is 0 Å². The Morgan fingerprint density at radius 1 is 0.390 bits per heavy atom. The number of nitrogens with zero attached hydrogens (tertiary/aromatic N) is 14. The van der Waals surface area contributed by atoms with Crippen LogP contribution in [0, 0.1) is 33.6 Å². The van der Waals surface area contributed by atoms with Gasteiger partial charge in [-0.25, -0.2) is 62.5 Å². The number of aromatic nitrogens is 6. The number of benzene rings is 7. The molecule has 0 saturated heterocycles. The molecule has 0 spiro atoms. The van der Waals surface area contributed by atoms with Crippen LogP contribution in [0.3, 0.4) is 0 Å². The number of rotatable bonds is 20. The summed E-state index contributed by atoms with van der Waals surface area (Å²) in [5.74, 6) is 2.06. The van der Waals surface area contributed by atoms with Gasteiger partial charge in [-0.3, -0.25) is 43.8 Å². The Morgan fingerprint density at radius 2 is 0.748 bits per heavy atom. The van der Waals surface area contributed by atoms with Gasteiger partial charge in [0.1, 0.15) is 35.7 Å². The maximum Gasteiger partial charge on any atom is 0.266 e. The Balaban J connectivity index is 0.000000141. The van der Waals surface area contributed by atoms with E-state index in [0.29, 0.717) is 78.8 Å². The van der Waals surface area contributed by atoms with E-state index in [1.54, 1.807) is 141 Å². The number of aryl methyl sites for hydroxylation is 4. The fraction of sp³-hybridized carbons (Fsp3) is 0.283. The number of alkyl halides is 4. The van der Waals surface area contributed by atoms with Crippen LogP contribution in [-0.4, -0.2) is 151 Å². The molecular formula is C92H94F4N18O9. The largest absolute Gasteiger partial charge is 0.460 e. The quantitative estimate of drug-likeness (QED) is 0.0515. The van der Waals surface area contributed by atoms with Crippen LogP contribution < -0.4 is 41.9 Å². The number of carbonyl (C=O) groups excluding carboxylic acids is 4. The van der Waals surface area contributed by atoms with Crippen molar-refractivity contribution in [3.8, 4) is 56.6 Å². The summed E-state index contributed by atoms with van der Waals surface area (Å²) >= 11 is 0. The number of pyridine rings is 1. The van der Waals surface area contributed by atoms with Gasteiger partial charge in [-0.05, 0) is 215 Å².